The van der Waals surface area contributed by atoms with Gasteiger partial charge in [0.1, 0.15) is 6.04 Å². The second-order valence-corrected chi connectivity index (χ2v) is 6.22. The van der Waals surface area contributed by atoms with Crippen molar-refractivity contribution < 1.29 is 14.7 Å². The molecule has 0 aromatic heterocycles. The first-order valence-corrected chi connectivity index (χ1v) is 6.66. The van der Waals surface area contributed by atoms with Crippen LogP contribution in [-0.4, -0.2) is 65.0 Å². The van der Waals surface area contributed by atoms with Gasteiger partial charge in [0.25, 0.3) is 0 Å². The summed E-state index contributed by atoms with van der Waals surface area (Å²) in [4.78, 5) is 26.7. The number of amides is 1. The number of carboxylic acids is 1. The highest BCUT2D eigenvalue weighted by atomic mass is 16.4. The van der Waals surface area contributed by atoms with Crippen LogP contribution in [0.5, 0.6) is 0 Å². The number of carbonyl (C=O) groups is 2. The van der Waals surface area contributed by atoms with Gasteiger partial charge in [0.05, 0.1) is 6.04 Å². The molecule has 0 radical (unpaired) electrons. The Hall–Kier alpha value is -1.14. The van der Waals surface area contributed by atoms with E-state index in [0.717, 1.165) is 0 Å². The molecule has 1 saturated heterocycles. The Labute approximate surface area is 114 Å². The Morgan fingerprint density at radius 1 is 1.16 bits per heavy atom. The van der Waals surface area contributed by atoms with Crippen LogP contribution in [0.1, 0.15) is 27.7 Å². The second kappa shape index (κ2) is 5.88. The highest BCUT2D eigenvalue weighted by Crippen LogP contribution is 2.20. The molecule has 1 aliphatic heterocycles. The molecule has 1 unspecified atom stereocenters. The lowest BCUT2D eigenvalue weighted by Crippen LogP contribution is -2.58. The molecule has 1 amide bonds. The van der Waals surface area contributed by atoms with Crippen LogP contribution in [0.2, 0.25) is 0 Å². The molecule has 110 valence electrons. The van der Waals surface area contributed by atoms with Gasteiger partial charge in [-0.1, -0.05) is 20.8 Å². The van der Waals surface area contributed by atoms with Gasteiger partial charge in [-0.2, -0.15) is 0 Å². The molecule has 1 fully saturated rings. The van der Waals surface area contributed by atoms with E-state index in [0.29, 0.717) is 26.2 Å². The fraction of sp³-hybridized carbons (Fsp3) is 0.846. The van der Waals surface area contributed by atoms with Gasteiger partial charge in [0, 0.05) is 26.2 Å². The summed E-state index contributed by atoms with van der Waals surface area (Å²) in [7, 11) is 0. The number of piperazine rings is 1. The van der Waals surface area contributed by atoms with Gasteiger partial charge < -0.3 is 15.7 Å². The standard InChI is InChI=1S/C13H25N3O3/c1-9(12(18)19)15-5-7-16(8-6-15)11(17)10(14)13(2,3)4/h9-10H,5-8,14H2,1-4H3,(H,18,19)/t9?,10-/m1/s1. The molecule has 1 heterocycles. The lowest BCUT2D eigenvalue weighted by molar-refractivity contribution is -0.144. The van der Waals surface area contributed by atoms with Crippen LogP contribution < -0.4 is 5.73 Å². The first-order chi connectivity index (χ1) is 8.64. The molecule has 0 spiro atoms. The van der Waals surface area contributed by atoms with Gasteiger partial charge in [-0.25, -0.2) is 0 Å². The molecule has 2 atom stereocenters. The molecule has 1 rings (SSSR count). The van der Waals surface area contributed by atoms with Crippen molar-refractivity contribution in [2.24, 2.45) is 11.1 Å². The third-order valence-corrected chi connectivity index (χ3v) is 3.73. The summed E-state index contributed by atoms with van der Waals surface area (Å²) in [5.41, 5.74) is 5.71. The number of nitrogens with two attached hydrogens (primary N) is 1. The summed E-state index contributed by atoms with van der Waals surface area (Å²) in [6.45, 7) is 9.74. The Kier molecular flexibility index (Phi) is 4.92. The molecule has 3 N–H and O–H groups in total. The van der Waals surface area contributed by atoms with Crippen LogP contribution in [0.3, 0.4) is 0 Å². The molecular weight excluding hydrogens is 246 g/mol. The van der Waals surface area contributed by atoms with E-state index >= 15 is 0 Å². The summed E-state index contributed by atoms with van der Waals surface area (Å²) in [6, 6.07) is -1.02. The van der Waals surface area contributed by atoms with Crippen molar-refractivity contribution in [1.29, 1.82) is 0 Å². The predicted molar refractivity (Wildman–Crippen MR) is 72.7 cm³/mol. The van der Waals surface area contributed by atoms with E-state index in [1.807, 2.05) is 25.7 Å². The minimum Gasteiger partial charge on any atom is -0.480 e. The lowest BCUT2D eigenvalue weighted by atomic mass is 9.86. The topological polar surface area (TPSA) is 86.9 Å². The van der Waals surface area contributed by atoms with E-state index in [4.69, 9.17) is 10.8 Å². The van der Waals surface area contributed by atoms with Crippen LogP contribution in [0.15, 0.2) is 0 Å². The maximum absolute atomic E-state index is 12.2. The van der Waals surface area contributed by atoms with Crippen molar-refractivity contribution >= 4 is 11.9 Å². The summed E-state index contributed by atoms with van der Waals surface area (Å²) in [5.74, 6) is -0.874. The number of aliphatic carboxylic acids is 1. The molecule has 19 heavy (non-hydrogen) atoms. The quantitative estimate of drug-likeness (QED) is 0.753. The number of hydrogen-bond donors (Lipinski definition) is 2. The van der Waals surface area contributed by atoms with Crippen molar-refractivity contribution in [2.45, 2.75) is 39.8 Å². The first-order valence-electron chi connectivity index (χ1n) is 6.66. The molecule has 1 aliphatic rings. The molecule has 0 aliphatic carbocycles. The Morgan fingerprint density at radius 3 is 2.00 bits per heavy atom. The normalized spacial score (nSPS) is 21.0. The summed E-state index contributed by atoms with van der Waals surface area (Å²) < 4.78 is 0. The Bertz CT molecular complexity index is 344. The van der Waals surface area contributed by atoms with Crippen molar-refractivity contribution in [2.75, 3.05) is 26.2 Å². The molecule has 6 nitrogen and oxygen atoms in total. The Morgan fingerprint density at radius 2 is 1.63 bits per heavy atom. The summed E-state index contributed by atoms with van der Waals surface area (Å²) in [5, 5.41) is 8.96. The van der Waals surface area contributed by atoms with E-state index in [2.05, 4.69) is 0 Å². The lowest BCUT2D eigenvalue weighted by Gasteiger charge is -2.39. The van der Waals surface area contributed by atoms with Crippen LogP contribution in [-0.2, 0) is 9.59 Å². The number of carbonyl (C=O) groups excluding carboxylic acids is 1. The predicted octanol–water partition coefficient (Wildman–Crippen LogP) is -0.0229. The minimum atomic E-state index is -0.828. The fourth-order valence-electron chi connectivity index (χ4n) is 2.05. The number of carboxylic acid groups (broad SMARTS) is 1. The smallest absolute Gasteiger partial charge is 0.320 e. The number of hydrogen-bond acceptors (Lipinski definition) is 4. The largest absolute Gasteiger partial charge is 0.480 e. The van der Waals surface area contributed by atoms with E-state index < -0.39 is 18.1 Å². The molecule has 0 bridgehead atoms. The summed E-state index contributed by atoms with van der Waals surface area (Å²) >= 11 is 0. The highest BCUT2D eigenvalue weighted by molar-refractivity contribution is 5.82. The van der Waals surface area contributed by atoms with Crippen LogP contribution >= 0.6 is 0 Å². The molecule has 0 saturated carbocycles. The first kappa shape index (κ1) is 15.9. The van der Waals surface area contributed by atoms with Crippen molar-refractivity contribution in [3.05, 3.63) is 0 Å². The van der Waals surface area contributed by atoms with Crippen LogP contribution in [0.25, 0.3) is 0 Å². The Balaban J connectivity index is 2.55. The number of rotatable bonds is 3. The van der Waals surface area contributed by atoms with Gasteiger partial charge in [-0.3, -0.25) is 14.5 Å². The molecule has 0 aromatic carbocycles. The van der Waals surface area contributed by atoms with Crippen LogP contribution in [0.4, 0.5) is 0 Å². The molecular formula is C13H25N3O3. The maximum Gasteiger partial charge on any atom is 0.320 e. The number of nitrogens with zero attached hydrogens (tertiary/aromatic N) is 2. The zero-order valence-corrected chi connectivity index (χ0v) is 12.2. The van der Waals surface area contributed by atoms with E-state index in [-0.39, 0.29) is 11.3 Å². The van der Waals surface area contributed by atoms with Crippen molar-refractivity contribution in [3.63, 3.8) is 0 Å². The van der Waals surface area contributed by atoms with Crippen LogP contribution in [0, 0.1) is 5.41 Å². The van der Waals surface area contributed by atoms with E-state index in [9.17, 15) is 9.59 Å². The highest BCUT2D eigenvalue weighted by Gasteiger charge is 2.33. The zero-order chi connectivity index (χ0) is 14.8. The third-order valence-electron chi connectivity index (χ3n) is 3.73. The fourth-order valence-corrected chi connectivity index (χ4v) is 2.05. The van der Waals surface area contributed by atoms with E-state index in [1.54, 1.807) is 11.8 Å². The van der Waals surface area contributed by atoms with Gasteiger partial charge in [-0.15, -0.1) is 0 Å². The average molecular weight is 271 g/mol. The minimum absolute atomic E-state index is 0.0462. The SMILES string of the molecule is CC(C(=O)O)N1CCN(C(=O)[C@@H](N)C(C)(C)C)CC1. The van der Waals surface area contributed by atoms with Gasteiger partial charge in [-0.05, 0) is 12.3 Å². The molecule has 0 aromatic rings. The van der Waals surface area contributed by atoms with Crippen molar-refractivity contribution in [3.8, 4) is 0 Å². The monoisotopic (exact) mass is 271 g/mol. The molecule has 6 heteroatoms. The third kappa shape index (κ3) is 3.91. The second-order valence-electron chi connectivity index (χ2n) is 6.22. The average Bonchev–Trinajstić information content (AvgIpc) is 2.35. The van der Waals surface area contributed by atoms with E-state index in [1.165, 1.54) is 0 Å². The van der Waals surface area contributed by atoms with Crippen molar-refractivity contribution in [1.82, 2.24) is 9.80 Å². The van der Waals surface area contributed by atoms with Gasteiger partial charge >= 0.3 is 5.97 Å². The maximum atomic E-state index is 12.2. The van der Waals surface area contributed by atoms with Gasteiger partial charge in [0.15, 0.2) is 0 Å². The van der Waals surface area contributed by atoms with Gasteiger partial charge in [0.2, 0.25) is 5.91 Å². The summed E-state index contributed by atoms with van der Waals surface area (Å²) in [6.07, 6.45) is 0. The zero-order valence-electron chi connectivity index (χ0n) is 12.2.